The zero-order valence-electron chi connectivity index (χ0n) is 12.9. The number of hydrogen-bond acceptors (Lipinski definition) is 5. The van der Waals surface area contributed by atoms with Gasteiger partial charge in [0.25, 0.3) is 5.69 Å². The Kier molecular flexibility index (Phi) is 5.40. The van der Waals surface area contributed by atoms with Crippen molar-refractivity contribution >= 4 is 28.9 Å². The normalized spacial score (nSPS) is 10.8. The second-order valence-electron chi connectivity index (χ2n) is 4.70. The van der Waals surface area contributed by atoms with Crippen molar-refractivity contribution in [3.8, 4) is 17.6 Å². The van der Waals surface area contributed by atoms with E-state index in [0.29, 0.717) is 16.3 Å². The third-order valence-electron chi connectivity index (χ3n) is 3.31. The Labute approximate surface area is 143 Å². The van der Waals surface area contributed by atoms with Crippen molar-refractivity contribution in [3.63, 3.8) is 0 Å². The van der Waals surface area contributed by atoms with E-state index in [9.17, 15) is 15.4 Å². The predicted octanol–water partition coefficient (Wildman–Crippen LogP) is 4.33. The number of benzene rings is 2. The zero-order valence-corrected chi connectivity index (χ0v) is 13.7. The van der Waals surface area contributed by atoms with Crippen LogP contribution in [0.2, 0.25) is 5.02 Å². The molecule has 2 rings (SSSR count). The number of ether oxygens (including phenoxy) is 2. The van der Waals surface area contributed by atoms with Crippen molar-refractivity contribution in [3.05, 3.63) is 62.7 Å². The van der Waals surface area contributed by atoms with Crippen molar-refractivity contribution in [1.29, 1.82) is 5.26 Å². The second-order valence-corrected chi connectivity index (χ2v) is 5.14. The van der Waals surface area contributed by atoms with E-state index in [0.717, 1.165) is 0 Å². The number of hydrogen-bond donors (Lipinski definition) is 0. The molecule has 0 unspecified atom stereocenters. The molecule has 24 heavy (non-hydrogen) atoms. The summed E-state index contributed by atoms with van der Waals surface area (Å²) in [7, 11) is 2.83. The number of nitrogens with zero attached hydrogens (tertiary/aromatic N) is 2. The van der Waals surface area contributed by atoms with Crippen LogP contribution in [0.4, 0.5) is 5.69 Å². The van der Waals surface area contributed by atoms with Crippen molar-refractivity contribution in [2.24, 2.45) is 0 Å². The molecule has 0 radical (unpaired) electrons. The number of rotatable bonds is 5. The van der Waals surface area contributed by atoms with Crippen LogP contribution in [-0.4, -0.2) is 19.1 Å². The maximum absolute atomic E-state index is 11.3. The highest BCUT2D eigenvalue weighted by molar-refractivity contribution is 6.30. The first-order valence-electron chi connectivity index (χ1n) is 6.78. The summed E-state index contributed by atoms with van der Waals surface area (Å²) in [6.07, 6.45) is 1.43. The van der Waals surface area contributed by atoms with E-state index in [1.54, 1.807) is 24.3 Å². The maximum atomic E-state index is 11.3. The molecule has 2 aromatic carbocycles. The Morgan fingerprint density at radius 1 is 1.21 bits per heavy atom. The van der Waals surface area contributed by atoms with Crippen LogP contribution in [0, 0.1) is 21.4 Å². The van der Waals surface area contributed by atoms with E-state index in [2.05, 4.69) is 0 Å². The number of nitro groups is 1. The first kappa shape index (κ1) is 17.3. The lowest BCUT2D eigenvalue weighted by Gasteiger charge is -2.09. The number of allylic oxidation sites excluding steroid dienone is 1. The highest BCUT2D eigenvalue weighted by Gasteiger charge is 2.19. The second kappa shape index (κ2) is 7.49. The first-order valence-corrected chi connectivity index (χ1v) is 7.16. The molecule has 0 atom stereocenters. The van der Waals surface area contributed by atoms with Gasteiger partial charge >= 0.3 is 0 Å². The summed E-state index contributed by atoms with van der Waals surface area (Å²) >= 11 is 5.84. The molecule has 0 saturated carbocycles. The molecular formula is C17H13ClN2O4. The molecular weight excluding hydrogens is 332 g/mol. The van der Waals surface area contributed by atoms with Gasteiger partial charge in [-0.15, -0.1) is 0 Å². The minimum absolute atomic E-state index is 0.186. The molecule has 0 aliphatic carbocycles. The van der Waals surface area contributed by atoms with E-state index in [4.69, 9.17) is 21.1 Å². The van der Waals surface area contributed by atoms with Gasteiger partial charge in [0.1, 0.15) is 0 Å². The average Bonchev–Trinajstić information content (AvgIpc) is 2.59. The lowest BCUT2D eigenvalue weighted by atomic mass is 10.0. The molecule has 6 nitrogen and oxygen atoms in total. The first-order chi connectivity index (χ1) is 11.5. The van der Waals surface area contributed by atoms with E-state index in [1.807, 2.05) is 6.07 Å². The smallest absolute Gasteiger partial charge is 0.280 e. The van der Waals surface area contributed by atoms with Crippen molar-refractivity contribution in [2.45, 2.75) is 0 Å². The highest BCUT2D eigenvalue weighted by atomic mass is 35.5. The summed E-state index contributed by atoms with van der Waals surface area (Å²) in [4.78, 5) is 10.8. The van der Waals surface area contributed by atoms with Crippen LogP contribution in [0.1, 0.15) is 11.1 Å². The fraction of sp³-hybridized carbons (Fsp3) is 0.118. The van der Waals surface area contributed by atoms with Gasteiger partial charge in [-0.3, -0.25) is 10.1 Å². The Morgan fingerprint density at radius 2 is 1.79 bits per heavy atom. The molecule has 2 aromatic rings. The van der Waals surface area contributed by atoms with Crippen LogP contribution in [0.5, 0.6) is 11.5 Å². The summed E-state index contributed by atoms with van der Waals surface area (Å²) < 4.78 is 10.3. The van der Waals surface area contributed by atoms with E-state index in [1.165, 1.54) is 32.4 Å². The van der Waals surface area contributed by atoms with Gasteiger partial charge in [-0.05, 0) is 29.8 Å². The van der Waals surface area contributed by atoms with Gasteiger partial charge in [-0.2, -0.15) is 5.26 Å². The molecule has 0 amide bonds. The minimum atomic E-state index is -0.537. The third kappa shape index (κ3) is 3.65. The van der Waals surface area contributed by atoms with Crippen LogP contribution in [0.3, 0.4) is 0 Å². The molecule has 0 N–H and O–H groups in total. The third-order valence-corrected chi connectivity index (χ3v) is 3.56. The number of nitriles is 1. The molecule has 0 saturated heterocycles. The maximum Gasteiger partial charge on any atom is 0.280 e. The van der Waals surface area contributed by atoms with Crippen LogP contribution in [0.15, 0.2) is 36.4 Å². The van der Waals surface area contributed by atoms with Gasteiger partial charge in [-0.1, -0.05) is 23.7 Å². The molecule has 0 fully saturated rings. The van der Waals surface area contributed by atoms with Gasteiger partial charge in [-0.25, -0.2) is 0 Å². The molecule has 7 heteroatoms. The molecule has 0 aliphatic rings. The van der Waals surface area contributed by atoms with Gasteiger partial charge in [0, 0.05) is 5.02 Å². The molecule has 0 aromatic heterocycles. The fourth-order valence-electron chi connectivity index (χ4n) is 2.12. The average molecular weight is 345 g/mol. The fourth-order valence-corrected chi connectivity index (χ4v) is 2.25. The van der Waals surface area contributed by atoms with E-state index >= 15 is 0 Å². The van der Waals surface area contributed by atoms with Gasteiger partial charge in [0.2, 0.25) is 0 Å². The summed E-state index contributed by atoms with van der Waals surface area (Å²) in [6.45, 7) is 0. The van der Waals surface area contributed by atoms with Gasteiger partial charge < -0.3 is 9.47 Å². The Morgan fingerprint density at radius 3 is 2.29 bits per heavy atom. The molecule has 0 spiro atoms. The lowest BCUT2D eigenvalue weighted by Crippen LogP contribution is -1.97. The van der Waals surface area contributed by atoms with Crippen LogP contribution in [0.25, 0.3) is 11.6 Å². The quantitative estimate of drug-likeness (QED) is 0.349. The number of methoxy groups -OCH3 is 2. The monoisotopic (exact) mass is 344 g/mol. The van der Waals surface area contributed by atoms with Crippen molar-refractivity contribution < 1.29 is 14.4 Å². The molecule has 0 aliphatic heterocycles. The minimum Gasteiger partial charge on any atom is -0.493 e. The van der Waals surface area contributed by atoms with Crippen molar-refractivity contribution in [2.75, 3.05) is 14.2 Å². The summed E-state index contributed by atoms with van der Waals surface area (Å²) in [5.41, 5.74) is 0.923. The molecule has 122 valence electrons. The highest BCUT2D eigenvalue weighted by Crippen LogP contribution is 2.36. The van der Waals surface area contributed by atoms with Crippen LogP contribution >= 0.6 is 11.6 Å². The van der Waals surface area contributed by atoms with Gasteiger partial charge in [0.15, 0.2) is 11.5 Å². The largest absolute Gasteiger partial charge is 0.493 e. The topological polar surface area (TPSA) is 85.4 Å². The Balaban J connectivity index is 2.62. The van der Waals surface area contributed by atoms with Crippen LogP contribution in [-0.2, 0) is 0 Å². The van der Waals surface area contributed by atoms with Crippen LogP contribution < -0.4 is 9.47 Å². The Hall–Kier alpha value is -3.04. The number of halogens is 1. The SMILES string of the molecule is COc1cc(C=C(C#N)c2ccc(Cl)cc2)c([N+](=O)[O-])cc1OC. The zero-order chi connectivity index (χ0) is 17.7. The predicted molar refractivity (Wildman–Crippen MR) is 91.1 cm³/mol. The van der Waals surface area contributed by atoms with Gasteiger partial charge in [0.05, 0.1) is 42.4 Å². The van der Waals surface area contributed by atoms with E-state index in [-0.39, 0.29) is 22.6 Å². The van der Waals surface area contributed by atoms with E-state index < -0.39 is 4.92 Å². The summed E-state index contributed by atoms with van der Waals surface area (Å²) in [6, 6.07) is 11.4. The standard InChI is InChI=1S/C17H13ClN2O4/c1-23-16-8-12(15(20(21)22)9-17(16)24-2)7-13(10-19)11-3-5-14(18)6-4-11/h3-9H,1-2H3. The Bertz CT molecular complexity index is 839. The van der Waals surface area contributed by atoms with Crippen molar-refractivity contribution in [1.82, 2.24) is 0 Å². The summed E-state index contributed by atoms with van der Waals surface area (Å²) in [5.74, 6) is 0.578. The number of nitro benzene ring substituents is 1. The molecule has 0 bridgehead atoms. The molecule has 0 heterocycles. The lowest BCUT2D eigenvalue weighted by molar-refractivity contribution is -0.385. The summed E-state index contributed by atoms with van der Waals surface area (Å²) in [5, 5.41) is 21.2.